The molecular formula is C22H24N4O3. The molecule has 3 rings (SSSR count). The standard InChI is InChI=1S/C22H24N4O3/c1-14(2)26-22(29)18-8-6-5-7-17(18)19(24-26)20(27)23-13-15-9-11-16(12-10-15)21(28)25(3)4/h5-12,14H,13H2,1-4H3,(H,23,27). The minimum atomic E-state index is -0.357. The van der Waals surface area contributed by atoms with Gasteiger partial charge in [-0.25, -0.2) is 4.68 Å². The summed E-state index contributed by atoms with van der Waals surface area (Å²) in [5.74, 6) is -0.434. The van der Waals surface area contributed by atoms with Crippen LogP contribution in [0.25, 0.3) is 10.8 Å². The van der Waals surface area contributed by atoms with Crippen LogP contribution in [0.4, 0.5) is 0 Å². The molecule has 0 bridgehead atoms. The summed E-state index contributed by atoms with van der Waals surface area (Å²) >= 11 is 0. The van der Waals surface area contributed by atoms with Crippen molar-refractivity contribution in [2.45, 2.75) is 26.4 Å². The number of rotatable bonds is 5. The first kappa shape index (κ1) is 20.3. The topological polar surface area (TPSA) is 84.3 Å². The zero-order valence-corrected chi connectivity index (χ0v) is 17.0. The third kappa shape index (κ3) is 4.18. The molecular weight excluding hydrogens is 368 g/mol. The molecule has 29 heavy (non-hydrogen) atoms. The molecule has 7 heteroatoms. The lowest BCUT2D eigenvalue weighted by atomic mass is 10.1. The monoisotopic (exact) mass is 392 g/mol. The number of carbonyl (C=O) groups is 2. The van der Waals surface area contributed by atoms with Gasteiger partial charge in [0.25, 0.3) is 17.4 Å². The molecule has 0 atom stereocenters. The number of hydrogen-bond acceptors (Lipinski definition) is 4. The maximum Gasteiger partial charge on any atom is 0.274 e. The zero-order chi connectivity index (χ0) is 21.1. The average molecular weight is 392 g/mol. The summed E-state index contributed by atoms with van der Waals surface area (Å²) in [5, 5.41) is 8.16. The highest BCUT2D eigenvalue weighted by Gasteiger charge is 2.17. The quantitative estimate of drug-likeness (QED) is 0.723. The van der Waals surface area contributed by atoms with Gasteiger partial charge in [-0.2, -0.15) is 5.10 Å². The number of fused-ring (bicyclic) bond motifs is 1. The number of amides is 2. The highest BCUT2D eigenvalue weighted by atomic mass is 16.2. The molecule has 2 aromatic carbocycles. The van der Waals surface area contributed by atoms with Crippen LogP contribution >= 0.6 is 0 Å². The summed E-state index contributed by atoms with van der Waals surface area (Å²) in [6.45, 7) is 3.98. The minimum Gasteiger partial charge on any atom is -0.347 e. The Balaban J connectivity index is 1.84. The number of nitrogens with one attached hydrogen (secondary N) is 1. The van der Waals surface area contributed by atoms with E-state index in [0.717, 1.165) is 5.56 Å². The number of hydrogen-bond donors (Lipinski definition) is 1. The Labute approximate surface area is 169 Å². The summed E-state index contributed by atoms with van der Waals surface area (Å²) in [7, 11) is 3.40. The van der Waals surface area contributed by atoms with E-state index in [4.69, 9.17) is 0 Å². The predicted octanol–water partition coefficient (Wildman–Crippen LogP) is 2.61. The normalized spacial score (nSPS) is 10.9. The number of nitrogens with zero attached hydrogens (tertiary/aromatic N) is 3. The molecule has 0 saturated carbocycles. The second kappa shape index (κ2) is 8.26. The molecule has 0 fully saturated rings. The number of carbonyl (C=O) groups excluding carboxylic acids is 2. The molecule has 3 aromatic rings. The van der Waals surface area contributed by atoms with Crippen LogP contribution in [0.3, 0.4) is 0 Å². The molecule has 7 nitrogen and oxygen atoms in total. The van der Waals surface area contributed by atoms with Crippen LogP contribution in [0.2, 0.25) is 0 Å². The van der Waals surface area contributed by atoms with Gasteiger partial charge in [0.05, 0.1) is 11.4 Å². The van der Waals surface area contributed by atoms with Crippen molar-refractivity contribution in [3.05, 3.63) is 75.7 Å². The van der Waals surface area contributed by atoms with E-state index < -0.39 is 0 Å². The van der Waals surface area contributed by atoms with Gasteiger partial charge in [0, 0.05) is 31.6 Å². The van der Waals surface area contributed by atoms with Crippen LogP contribution in [0.5, 0.6) is 0 Å². The molecule has 1 N–H and O–H groups in total. The third-order valence-corrected chi connectivity index (χ3v) is 4.59. The van der Waals surface area contributed by atoms with E-state index in [1.807, 2.05) is 13.8 Å². The smallest absolute Gasteiger partial charge is 0.274 e. The van der Waals surface area contributed by atoms with Crippen molar-refractivity contribution >= 4 is 22.6 Å². The van der Waals surface area contributed by atoms with Gasteiger partial charge in [0.15, 0.2) is 5.69 Å². The first-order chi connectivity index (χ1) is 13.8. The van der Waals surface area contributed by atoms with Crippen LogP contribution in [0, 0.1) is 0 Å². The fraction of sp³-hybridized carbons (Fsp3) is 0.273. The van der Waals surface area contributed by atoms with Crippen LogP contribution in [0.15, 0.2) is 53.3 Å². The molecule has 1 aromatic heterocycles. The summed E-state index contributed by atoms with van der Waals surface area (Å²) < 4.78 is 1.33. The van der Waals surface area contributed by atoms with Gasteiger partial charge >= 0.3 is 0 Å². The van der Waals surface area contributed by atoms with E-state index >= 15 is 0 Å². The van der Waals surface area contributed by atoms with Gasteiger partial charge < -0.3 is 10.2 Å². The van der Waals surface area contributed by atoms with Gasteiger partial charge in [0.2, 0.25) is 0 Å². The molecule has 0 saturated heterocycles. The van der Waals surface area contributed by atoms with Crippen molar-refractivity contribution in [1.82, 2.24) is 20.0 Å². The summed E-state index contributed by atoms with van der Waals surface area (Å²) in [5.41, 5.74) is 1.44. The highest BCUT2D eigenvalue weighted by molar-refractivity contribution is 6.04. The Morgan fingerprint density at radius 1 is 1.03 bits per heavy atom. The minimum absolute atomic E-state index is 0.0767. The van der Waals surface area contributed by atoms with E-state index in [-0.39, 0.29) is 35.7 Å². The Morgan fingerprint density at radius 2 is 1.66 bits per heavy atom. The lowest BCUT2D eigenvalue weighted by Crippen LogP contribution is -2.31. The molecule has 150 valence electrons. The largest absolute Gasteiger partial charge is 0.347 e. The molecule has 0 unspecified atom stereocenters. The predicted molar refractivity (Wildman–Crippen MR) is 112 cm³/mol. The Kier molecular flexibility index (Phi) is 5.77. The molecule has 1 heterocycles. The Morgan fingerprint density at radius 3 is 2.24 bits per heavy atom. The zero-order valence-electron chi connectivity index (χ0n) is 17.0. The molecule has 2 amide bonds. The van der Waals surface area contributed by atoms with Crippen LogP contribution in [-0.4, -0.2) is 40.6 Å². The summed E-state index contributed by atoms with van der Waals surface area (Å²) in [6, 6.07) is 13.9. The van der Waals surface area contributed by atoms with Crippen molar-refractivity contribution in [2.75, 3.05) is 14.1 Å². The molecule has 0 spiro atoms. The fourth-order valence-corrected chi connectivity index (χ4v) is 3.01. The lowest BCUT2D eigenvalue weighted by molar-refractivity contribution is 0.0827. The first-order valence-corrected chi connectivity index (χ1v) is 9.40. The van der Waals surface area contributed by atoms with Crippen molar-refractivity contribution in [3.8, 4) is 0 Å². The van der Waals surface area contributed by atoms with Gasteiger partial charge in [-0.05, 0) is 37.6 Å². The van der Waals surface area contributed by atoms with Gasteiger partial charge in [-0.3, -0.25) is 14.4 Å². The van der Waals surface area contributed by atoms with Crippen molar-refractivity contribution < 1.29 is 9.59 Å². The lowest BCUT2D eigenvalue weighted by Gasteiger charge is -2.14. The van der Waals surface area contributed by atoms with Crippen molar-refractivity contribution in [2.24, 2.45) is 0 Å². The number of benzene rings is 2. The van der Waals surface area contributed by atoms with E-state index in [9.17, 15) is 14.4 Å². The molecule has 0 aliphatic heterocycles. The average Bonchev–Trinajstić information content (AvgIpc) is 2.72. The summed E-state index contributed by atoms with van der Waals surface area (Å²) in [4.78, 5) is 38.9. The summed E-state index contributed by atoms with van der Waals surface area (Å²) in [6.07, 6.45) is 0. The van der Waals surface area contributed by atoms with Gasteiger partial charge in [-0.1, -0.05) is 30.3 Å². The highest BCUT2D eigenvalue weighted by Crippen LogP contribution is 2.15. The maximum atomic E-state index is 12.8. The van der Waals surface area contributed by atoms with E-state index in [1.165, 1.54) is 9.58 Å². The Hall–Kier alpha value is -3.48. The van der Waals surface area contributed by atoms with Crippen molar-refractivity contribution in [3.63, 3.8) is 0 Å². The van der Waals surface area contributed by atoms with E-state index in [1.54, 1.807) is 62.6 Å². The molecule has 0 aliphatic rings. The Bertz CT molecular complexity index is 1120. The SMILES string of the molecule is CC(C)n1nc(C(=O)NCc2ccc(C(=O)N(C)C)cc2)c2ccccc2c1=O. The van der Waals surface area contributed by atoms with Crippen LogP contribution < -0.4 is 10.9 Å². The maximum absolute atomic E-state index is 12.8. The van der Waals surface area contributed by atoms with E-state index in [0.29, 0.717) is 16.3 Å². The van der Waals surface area contributed by atoms with Gasteiger partial charge in [0.1, 0.15) is 0 Å². The van der Waals surface area contributed by atoms with Crippen LogP contribution in [0.1, 0.15) is 46.3 Å². The first-order valence-electron chi connectivity index (χ1n) is 9.40. The second-order valence-electron chi connectivity index (χ2n) is 7.32. The number of aromatic nitrogens is 2. The molecule has 0 aliphatic carbocycles. The fourth-order valence-electron chi connectivity index (χ4n) is 3.01. The van der Waals surface area contributed by atoms with Crippen molar-refractivity contribution in [1.29, 1.82) is 0 Å². The van der Waals surface area contributed by atoms with Crippen LogP contribution in [-0.2, 0) is 6.54 Å². The third-order valence-electron chi connectivity index (χ3n) is 4.59. The second-order valence-corrected chi connectivity index (χ2v) is 7.32. The van der Waals surface area contributed by atoms with Gasteiger partial charge in [-0.15, -0.1) is 0 Å². The molecule has 0 radical (unpaired) electrons. The van der Waals surface area contributed by atoms with E-state index in [2.05, 4.69) is 10.4 Å².